The molecular weight excluding hydrogens is 427 g/mol. The van der Waals surface area contributed by atoms with Crippen molar-refractivity contribution in [2.45, 2.75) is 33.0 Å². The molecule has 0 aliphatic heterocycles. The molecule has 29 heavy (non-hydrogen) atoms. The lowest BCUT2D eigenvalue weighted by Crippen LogP contribution is -2.38. The third-order valence-corrected chi connectivity index (χ3v) is 4.75. The number of guanidine groups is 1. The van der Waals surface area contributed by atoms with Crippen LogP contribution in [0.1, 0.15) is 29.6 Å². The Hall–Kier alpha value is -2.33. The van der Waals surface area contributed by atoms with Gasteiger partial charge in [-0.2, -0.15) is 13.2 Å². The van der Waals surface area contributed by atoms with Crippen LogP contribution in [0.3, 0.4) is 0 Å². The van der Waals surface area contributed by atoms with E-state index in [9.17, 15) is 18.0 Å². The van der Waals surface area contributed by atoms with Crippen molar-refractivity contribution in [3.8, 4) is 0 Å². The second-order valence-corrected chi connectivity index (χ2v) is 7.38. The molecular formula is C18H21ClF3N5OS. The highest BCUT2D eigenvalue weighted by Gasteiger charge is 2.33. The molecule has 0 saturated heterocycles. The van der Waals surface area contributed by atoms with Gasteiger partial charge in [-0.1, -0.05) is 17.7 Å². The first-order valence-electron chi connectivity index (χ1n) is 8.78. The quantitative estimate of drug-likeness (QED) is 0.439. The average molecular weight is 448 g/mol. The van der Waals surface area contributed by atoms with Gasteiger partial charge in [0.1, 0.15) is 5.01 Å². The summed E-state index contributed by atoms with van der Waals surface area (Å²) in [6.07, 6.45) is -4.31. The molecule has 0 fully saturated rings. The van der Waals surface area contributed by atoms with E-state index in [1.54, 1.807) is 12.1 Å². The minimum absolute atomic E-state index is 0.00124. The number of amides is 1. The lowest BCUT2D eigenvalue weighted by atomic mass is 10.2. The number of hydrogen-bond acceptors (Lipinski definition) is 4. The molecule has 0 aliphatic carbocycles. The first-order chi connectivity index (χ1) is 13.7. The van der Waals surface area contributed by atoms with Crippen molar-refractivity contribution in [2.24, 2.45) is 4.99 Å². The minimum Gasteiger partial charge on any atom is -0.357 e. The number of benzene rings is 1. The van der Waals surface area contributed by atoms with Crippen molar-refractivity contribution >= 4 is 40.5 Å². The Bertz CT molecular complexity index is 869. The number of thiazole rings is 1. The van der Waals surface area contributed by atoms with Gasteiger partial charge in [-0.15, -0.1) is 11.3 Å². The number of hydrogen-bond donors (Lipinski definition) is 3. The molecule has 0 radical (unpaired) electrons. The Balaban J connectivity index is 1.85. The maximum Gasteiger partial charge on any atom is 0.434 e. The molecule has 2 aromatic rings. The number of carbonyl (C=O) groups excluding carboxylic acids is 1. The average Bonchev–Trinajstić information content (AvgIpc) is 3.11. The van der Waals surface area contributed by atoms with E-state index in [1.165, 1.54) is 0 Å². The predicted molar refractivity (Wildman–Crippen MR) is 109 cm³/mol. The van der Waals surface area contributed by atoms with Gasteiger partial charge in [0.05, 0.1) is 17.3 Å². The third-order valence-electron chi connectivity index (χ3n) is 3.60. The summed E-state index contributed by atoms with van der Waals surface area (Å²) in [7, 11) is 0. The summed E-state index contributed by atoms with van der Waals surface area (Å²) < 4.78 is 37.8. The van der Waals surface area contributed by atoms with Crippen molar-refractivity contribution in [2.75, 3.05) is 18.4 Å². The first kappa shape index (κ1) is 23.0. The Morgan fingerprint density at radius 1 is 1.31 bits per heavy atom. The van der Waals surface area contributed by atoms with E-state index >= 15 is 0 Å². The van der Waals surface area contributed by atoms with Gasteiger partial charge >= 0.3 is 6.18 Å². The van der Waals surface area contributed by atoms with Gasteiger partial charge in [0.2, 0.25) is 5.91 Å². The van der Waals surface area contributed by atoms with Gasteiger partial charge in [-0.3, -0.25) is 4.79 Å². The molecule has 1 aromatic heterocycles. The number of carbonyl (C=O) groups is 1. The van der Waals surface area contributed by atoms with Crippen LogP contribution >= 0.6 is 22.9 Å². The summed E-state index contributed by atoms with van der Waals surface area (Å²) in [4.78, 5) is 19.8. The molecule has 0 bridgehead atoms. The number of aliphatic imine (C=N–C) groups is 1. The van der Waals surface area contributed by atoms with Crippen LogP contribution in [0.15, 0.2) is 28.6 Å². The highest BCUT2D eigenvalue weighted by Crippen LogP contribution is 2.30. The van der Waals surface area contributed by atoms with Crippen molar-refractivity contribution < 1.29 is 18.0 Å². The molecule has 11 heteroatoms. The molecule has 0 unspecified atom stereocenters. The van der Waals surface area contributed by atoms with Crippen LogP contribution in [0.4, 0.5) is 18.9 Å². The summed E-state index contributed by atoms with van der Waals surface area (Å²) in [5.74, 6) is 0.159. The van der Waals surface area contributed by atoms with Gasteiger partial charge in [0.25, 0.3) is 0 Å². The smallest absolute Gasteiger partial charge is 0.357 e. The van der Waals surface area contributed by atoms with E-state index in [0.717, 1.165) is 22.3 Å². The molecule has 0 spiro atoms. The molecule has 1 amide bonds. The number of nitrogens with one attached hydrogen (secondary N) is 3. The zero-order valence-electron chi connectivity index (χ0n) is 15.9. The molecule has 0 saturated carbocycles. The van der Waals surface area contributed by atoms with Gasteiger partial charge in [-0.25, -0.2) is 9.98 Å². The van der Waals surface area contributed by atoms with Crippen LogP contribution in [0, 0.1) is 6.92 Å². The first-order valence-corrected chi connectivity index (χ1v) is 10.0. The lowest BCUT2D eigenvalue weighted by molar-refractivity contribution is -0.140. The Morgan fingerprint density at radius 3 is 2.69 bits per heavy atom. The van der Waals surface area contributed by atoms with Crippen LogP contribution in [0.25, 0.3) is 0 Å². The van der Waals surface area contributed by atoms with Crippen molar-refractivity contribution in [1.82, 2.24) is 15.6 Å². The zero-order valence-corrected chi connectivity index (χ0v) is 17.4. The molecule has 3 N–H and O–H groups in total. The highest BCUT2D eigenvalue weighted by atomic mass is 35.5. The SMILES string of the molecule is CCNC(=NCc1nc(C(F)(F)F)cs1)NCCC(=O)Nc1ccc(C)cc1Cl. The maximum absolute atomic E-state index is 12.6. The van der Waals surface area contributed by atoms with E-state index in [0.29, 0.717) is 23.2 Å². The monoisotopic (exact) mass is 447 g/mol. The van der Waals surface area contributed by atoms with E-state index in [4.69, 9.17) is 11.6 Å². The number of rotatable bonds is 7. The Kier molecular flexibility index (Phi) is 8.27. The van der Waals surface area contributed by atoms with Crippen LogP contribution in [-0.2, 0) is 17.5 Å². The summed E-state index contributed by atoms with van der Waals surface area (Å²) >= 11 is 6.99. The van der Waals surface area contributed by atoms with Crippen LogP contribution in [-0.4, -0.2) is 29.9 Å². The van der Waals surface area contributed by atoms with E-state index < -0.39 is 11.9 Å². The number of alkyl halides is 3. The largest absolute Gasteiger partial charge is 0.434 e. The van der Waals surface area contributed by atoms with Gasteiger partial charge in [0.15, 0.2) is 11.7 Å². The normalized spacial score (nSPS) is 12.0. The van der Waals surface area contributed by atoms with Crippen LogP contribution in [0.5, 0.6) is 0 Å². The minimum atomic E-state index is -4.46. The third kappa shape index (κ3) is 7.54. The number of aromatic nitrogens is 1. The van der Waals surface area contributed by atoms with Gasteiger partial charge < -0.3 is 16.0 Å². The van der Waals surface area contributed by atoms with Gasteiger partial charge in [-0.05, 0) is 31.5 Å². The summed E-state index contributed by atoms with van der Waals surface area (Å²) in [5, 5.41) is 10.3. The Morgan fingerprint density at radius 2 is 2.07 bits per heavy atom. The molecule has 1 heterocycles. The molecule has 2 rings (SSSR count). The fourth-order valence-electron chi connectivity index (χ4n) is 2.23. The fourth-order valence-corrected chi connectivity index (χ4v) is 3.24. The second-order valence-electron chi connectivity index (χ2n) is 6.03. The van der Waals surface area contributed by atoms with Crippen molar-refractivity contribution in [3.63, 3.8) is 0 Å². The van der Waals surface area contributed by atoms with E-state index in [2.05, 4.69) is 25.9 Å². The molecule has 0 aliphatic rings. The molecule has 6 nitrogen and oxygen atoms in total. The molecule has 1 aromatic carbocycles. The lowest BCUT2D eigenvalue weighted by Gasteiger charge is -2.11. The second kappa shape index (κ2) is 10.4. The molecule has 0 atom stereocenters. The standard InChI is InChI=1S/C18H21ClF3N5OS/c1-3-23-17(25-9-16-27-14(10-29-16)18(20,21)22)24-7-6-15(28)26-13-5-4-11(2)8-12(13)19/h4-5,8,10H,3,6-7,9H2,1-2H3,(H,26,28)(H2,23,24,25). The topological polar surface area (TPSA) is 78.4 Å². The highest BCUT2D eigenvalue weighted by molar-refractivity contribution is 7.09. The van der Waals surface area contributed by atoms with Crippen LogP contribution in [0.2, 0.25) is 5.02 Å². The predicted octanol–water partition coefficient (Wildman–Crippen LogP) is 4.21. The number of anilines is 1. The van der Waals surface area contributed by atoms with Crippen molar-refractivity contribution in [1.29, 1.82) is 0 Å². The summed E-state index contributed by atoms with van der Waals surface area (Å²) in [6.45, 7) is 4.60. The van der Waals surface area contributed by atoms with Crippen LogP contribution < -0.4 is 16.0 Å². The number of halogens is 4. The zero-order chi connectivity index (χ0) is 21.4. The van der Waals surface area contributed by atoms with Crippen molar-refractivity contribution in [3.05, 3.63) is 44.9 Å². The summed E-state index contributed by atoms with van der Waals surface area (Å²) in [6, 6.07) is 5.34. The van der Waals surface area contributed by atoms with E-state index in [1.807, 2.05) is 19.9 Å². The number of aryl methyl sites for hydroxylation is 1. The maximum atomic E-state index is 12.6. The molecule has 158 valence electrons. The van der Waals surface area contributed by atoms with E-state index in [-0.39, 0.29) is 30.4 Å². The Labute approximate surface area is 175 Å². The summed E-state index contributed by atoms with van der Waals surface area (Å²) in [5.41, 5.74) is 0.605. The number of nitrogens with zero attached hydrogens (tertiary/aromatic N) is 2. The van der Waals surface area contributed by atoms with Gasteiger partial charge in [0, 0.05) is 24.9 Å². The fraction of sp³-hybridized carbons (Fsp3) is 0.389.